The van der Waals surface area contributed by atoms with Gasteiger partial charge in [-0.1, -0.05) is 36.4 Å². The number of rotatable bonds is 4. The van der Waals surface area contributed by atoms with E-state index < -0.39 is 10.8 Å². The highest BCUT2D eigenvalue weighted by Crippen LogP contribution is 2.26. The highest BCUT2D eigenvalue weighted by molar-refractivity contribution is 7.14. The van der Waals surface area contributed by atoms with E-state index in [1.165, 1.54) is 23.5 Å². The number of nitro benzene ring substituents is 1. The molecule has 1 heterocycles. The number of amides is 1. The molecule has 0 radical (unpaired) electrons. The Bertz CT molecular complexity index is 906. The molecule has 1 N–H and O–H groups in total. The molecule has 120 valence electrons. The molecule has 0 spiro atoms. The summed E-state index contributed by atoms with van der Waals surface area (Å²) in [6, 6.07) is 14.1. The van der Waals surface area contributed by atoms with Gasteiger partial charge in [-0.2, -0.15) is 0 Å². The molecule has 0 saturated heterocycles. The third kappa shape index (κ3) is 3.16. The second kappa shape index (κ2) is 6.59. The molecule has 7 heteroatoms. The van der Waals surface area contributed by atoms with Crippen molar-refractivity contribution in [1.29, 1.82) is 0 Å². The van der Waals surface area contributed by atoms with Crippen molar-refractivity contribution in [3.63, 3.8) is 0 Å². The number of carbonyl (C=O) groups excluding carboxylic acids is 1. The highest BCUT2D eigenvalue weighted by atomic mass is 32.1. The smallest absolute Gasteiger partial charge is 0.273 e. The van der Waals surface area contributed by atoms with Gasteiger partial charge in [0.2, 0.25) is 0 Å². The zero-order valence-corrected chi connectivity index (χ0v) is 13.5. The first-order valence-electron chi connectivity index (χ1n) is 7.12. The molecule has 0 aliphatic rings. The minimum Gasteiger partial charge on any atom is -0.298 e. The largest absolute Gasteiger partial charge is 0.298 e. The van der Waals surface area contributed by atoms with Crippen molar-refractivity contribution >= 4 is 28.1 Å². The molecule has 0 bridgehead atoms. The summed E-state index contributed by atoms with van der Waals surface area (Å²) >= 11 is 1.31. The molecule has 0 unspecified atom stereocenters. The normalized spacial score (nSPS) is 10.4. The monoisotopic (exact) mass is 339 g/mol. The second-order valence-corrected chi connectivity index (χ2v) is 5.92. The molecule has 3 aromatic rings. The summed E-state index contributed by atoms with van der Waals surface area (Å²) in [5.74, 6) is -0.412. The molecule has 2 aromatic carbocycles. The van der Waals surface area contributed by atoms with Crippen LogP contribution in [-0.2, 0) is 0 Å². The number of thiazole rings is 1. The number of benzene rings is 2. The summed E-state index contributed by atoms with van der Waals surface area (Å²) in [5.41, 5.74) is 2.25. The lowest BCUT2D eigenvalue weighted by molar-refractivity contribution is -0.385. The van der Waals surface area contributed by atoms with Crippen LogP contribution >= 0.6 is 11.3 Å². The Morgan fingerprint density at radius 3 is 2.62 bits per heavy atom. The standard InChI is InChI=1S/C17H13N3O3S/c1-11-13(8-5-9-15(11)20(22)23)16(21)19-17-18-14(10-24-17)12-6-3-2-4-7-12/h2-10H,1H3,(H,18,19,21). The van der Waals surface area contributed by atoms with Gasteiger partial charge >= 0.3 is 0 Å². The van der Waals surface area contributed by atoms with Gasteiger partial charge in [0.1, 0.15) is 0 Å². The highest BCUT2D eigenvalue weighted by Gasteiger charge is 2.18. The van der Waals surface area contributed by atoms with Gasteiger partial charge in [-0.3, -0.25) is 20.2 Å². The van der Waals surface area contributed by atoms with Crippen LogP contribution in [0.25, 0.3) is 11.3 Å². The molecule has 0 atom stereocenters. The summed E-state index contributed by atoms with van der Waals surface area (Å²) in [6.07, 6.45) is 0. The number of nitrogens with one attached hydrogen (secondary N) is 1. The third-order valence-electron chi connectivity index (χ3n) is 3.54. The van der Waals surface area contributed by atoms with Crippen molar-refractivity contribution < 1.29 is 9.72 Å². The Hall–Kier alpha value is -3.06. The molecule has 1 amide bonds. The van der Waals surface area contributed by atoms with Gasteiger partial charge in [0.25, 0.3) is 11.6 Å². The van der Waals surface area contributed by atoms with E-state index in [4.69, 9.17) is 0 Å². The van der Waals surface area contributed by atoms with Crippen LogP contribution in [0.3, 0.4) is 0 Å². The molecule has 0 fully saturated rings. The van der Waals surface area contributed by atoms with Gasteiger partial charge in [-0.25, -0.2) is 4.98 Å². The average Bonchev–Trinajstić information content (AvgIpc) is 3.04. The summed E-state index contributed by atoms with van der Waals surface area (Å²) < 4.78 is 0. The van der Waals surface area contributed by atoms with Crippen molar-refractivity contribution in [2.45, 2.75) is 6.92 Å². The van der Waals surface area contributed by atoms with E-state index in [-0.39, 0.29) is 11.3 Å². The molecule has 0 aliphatic carbocycles. The number of hydrogen-bond acceptors (Lipinski definition) is 5. The predicted octanol–water partition coefficient (Wildman–Crippen LogP) is 4.28. The lowest BCUT2D eigenvalue weighted by Gasteiger charge is -2.05. The Morgan fingerprint density at radius 2 is 1.92 bits per heavy atom. The number of aromatic nitrogens is 1. The first kappa shape index (κ1) is 15.8. The molecular formula is C17H13N3O3S. The van der Waals surface area contributed by atoms with Crippen LogP contribution in [0.4, 0.5) is 10.8 Å². The lowest BCUT2D eigenvalue weighted by atomic mass is 10.1. The second-order valence-electron chi connectivity index (χ2n) is 5.06. The molecule has 0 saturated carbocycles. The Morgan fingerprint density at radius 1 is 1.17 bits per heavy atom. The van der Waals surface area contributed by atoms with Gasteiger partial charge in [-0.15, -0.1) is 11.3 Å². The Kier molecular flexibility index (Phi) is 4.35. The average molecular weight is 339 g/mol. The van der Waals surface area contributed by atoms with Crippen molar-refractivity contribution in [2.75, 3.05) is 5.32 Å². The van der Waals surface area contributed by atoms with Crippen LogP contribution in [0.5, 0.6) is 0 Å². The van der Waals surface area contributed by atoms with Gasteiger partial charge in [0.15, 0.2) is 5.13 Å². The first-order valence-corrected chi connectivity index (χ1v) is 8.00. The lowest BCUT2D eigenvalue weighted by Crippen LogP contribution is -2.14. The van der Waals surface area contributed by atoms with Crippen LogP contribution in [0, 0.1) is 17.0 Å². The third-order valence-corrected chi connectivity index (χ3v) is 4.30. The van der Waals surface area contributed by atoms with Crippen molar-refractivity contribution in [2.24, 2.45) is 0 Å². The van der Waals surface area contributed by atoms with Gasteiger partial charge in [-0.05, 0) is 13.0 Å². The number of hydrogen-bond donors (Lipinski definition) is 1. The summed E-state index contributed by atoms with van der Waals surface area (Å²) in [7, 11) is 0. The fraction of sp³-hybridized carbons (Fsp3) is 0.0588. The van der Waals surface area contributed by atoms with E-state index in [0.29, 0.717) is 10.7 Å². The minimum absolute atomic E-state index is 0.0771. The first-order chi connectivity index (χ1) is 11.6. The Labute approximate surface area is 141 Å². The van der Waals surface area contributed by atoms with Crippen molar-refractivity contribution in [1.82, 2.24) is 4.98 Å². The topological polar surface area (TPSA) is 85.1 Å². The zero-order chi connectivity index (χ0) is 17.1. The van der Waals surface area contributed by atoms with Gasteiger partial charge < -0.3 is 0 Å². The summed E-state index contributed by atoms with van der Waals surface area (Å²) in [4.78, 5) is 27.3. The van der Waals surface area contributed by atoms with Gasteiger partial charge in [0, 0.05) is 28.1 Å². The van der Waals surface area contributed by atoms with Crippen LogP contribution in [0.15, 0.2) is 53.9 Å². The maximum Gasteiger partial charge on any atom is 0.273 e. The molecule has 6 nitrogen and oxygen atoms in total. The number of anilines is 1. The fourth-order valence-corrected chi connectivity index (χ4v) is 3.02. The number of carbonyl (C=O) groups is 1. The predicted molar refractivity (Wildman–Crippen MR) is 93.3 cm³/mol. The molecule has 24 heavy (non-hydrogen) atoms. The zero-order valence-electron chi connectivity index (χ0n) is 12.7. The fourth-order valence-electron chi connectivity index (χ4n) is 2.30. The number of nitro groups is 1. The van der Waals surface area contributed by atoms with E-state index in [9.17, 15) is 14.9 Å². The van der Waals surface area contributed by atoms with E-state index in [1.807, 2.05) is 35.7 Å². The van der Waals surface area contributed by atoms with Gasteiger partial charge in [0.05, 0.1) is 10.6 Å². The summed E-state index contributed by atoms with van der Waals surface area (Å²) in [5, 5.41) is 16.0. The SMILES string of the molecule is Cc1c(C(=O)Nc2nc(-c3ccccc3)cs2)cccc1[N+](=O)[O-]. The van der Waals surface area contributed by atoms with Crippen molar-refractivity contribution in [3.05, 3.63) is 75.2 Å². The van der Waals surface area contributed by atoms with Crippen LogP contribution in [0.1, 0.15) is 15.9 Å². The van der Waals surface area contributed by atoms with Crippen LogP contribution in [0.2, 0.25) is 0 Å². The molecule has 1 aromatic heterocycles. The Balaban J connectivity index is 1.83. The van der Waals surface area contributed by atoms with E-state index >= 15 is 0 Å². The molecule has 3 rings (SSSR count). The van der Waals surface area contributed by atoms with Crippen LogP contribution in [-0.4, -0.2) is 15.8 Å². The van der Waals surface area contributed by atoms with Crippen molar-refractivity contribution in [3.8, 4) is 11.3 Å². The molecular weight excluding hydrogens is 326 g/mol. The number of nitrogens with zero attached hydrogens (tertiary/aromatic N) is 2. The van der Waals surface area contributed by atoms with Crippen LogP contribution < -0.4 is 5.32 Å². The minimum atomic E-state index is -0.497. The van der Waals surface area contributed by atoms with E-state index in [2.05, 4.69) is 10.3 Å². The molecule has 0 aliphatic heterocycles. The maximum atomic E-state index is 12.4. The van der Waals surface area contributed by atoms with E-state index in [0.717, 1.165) is 11.3 Å². The summed E-state index contributed by atoms with van der Waals surface area (Å²) in [6.45, 7) is 1.56. The maximum absolute atomic E-state index is 12.4. The quantitative estimate of drug-likeness (QED) is 0.568. The van der Waals surface area contributed by atoms with E-state index in [1.54, 1.807) is 13.0 Å².